The number of para-hydroxylation sites is 1. The van der Waals surface area contributed by atoms with Crippen LogP contribution in [-0.2, 0) is 5.41 Å². The monoisotopic (exact) mass is 617 g/mol. The van der Waals surface area contributed by atoms with Crippen LogP contribution in [0.25, 0.3) is 0 Å². The fraction of sp³-hybridized carbons (Fsp3) is 0.143. The molecule has 0 fully saturated rings. The molecular weight excluding hydrogens is 585 g/mol. The summed E-state index contributed by atoms with van der Waals surface area (Å²) in [5.41, 5.74) is 5.73. The first-order valence-corrected chi connectivity index (χ1v) is 15.7. The molecule has 0 atom stereocenters. The van der Waals surface area contributed by atoms with Crippen LogP contribution in [0.4, 0.5) is 28.6 Å². The van der Waals surface area contributed by atoms with E-state index in [2.05, 4.69) is 126 Å². The molecule has 2 aliphatic rings. The molecule has 6 nitrogen and oxygen atoms in total. The van der Waals surface area contributed by atoms with E-state index in [0.29, 0.717) is 0 Å². The normalized spacial score (nSPS) is 14.1. The number of benzene rings is 3. The van der Waals surface area contributed by atoms with E-state index < -0.39 is 0 Å². The van der Waals surface area contributed by atoms with Crippen LogP contribution in [0.3, 0.4) is 0 Å². The first kappa shape index (κ1) is 26.3. The Kier molecular flexibility index (Phi) is 6.69. The number of hydrogen-bond donors (Lipinski definition) is 0. The molecule has 2 aliphatic heterocycles. The van der Waals surface area contributed by atoms with Crippen LogP contribution < -0.4 is 28.4 Å². The van der Waals surface area contributed by atoms with Crippen LogP contribution in [0, 0.1) is 0 Å². The summed E-state index contributed by atoms with van der Waals surface area (Å²) in [5, 5.41) is 0. The van der Waals surface area contributed by atoms with E-state index in [1.807, 2.05) is 36.8 Å². The fourth-order valence-electron chi connectivity index (χ4n) is 5.20. The van der Waals surface area contributed by atoms with Crippen LogP contribution in [0.2, 0.25) is 0 Å². The molecule has 0 saturated carbocycles. The predicted octanol–water partition coefficient (Wildman–Crippen LogP) is 6.76. The first-order chi connectivity index (χ1) is 20.4. The zero-order chi connectivity index (χ0) is 28.7. The molecule has 0 amide bonds. The van der Waals surface area contributed by atoms with E-state index in [1.165, 1.54) is 20.2 Å². The van der Waals surface area contributed by atoms with Gasteiger partial charge in [0.2, 0.25) is 0 Å². The average Bonchev–Trinajstić information content (AvgIpc) is 3.51. The second-order valence-electron chi connectivity index (χ2n) is 11.4. The Hall–Kier alpha value is -4.58. The number of pyridine rings is 2. The summed E-state index contributed by atoms with van der Waals surface area (Å²) >= 11 is 0.127. The second kappa shape index (κ2) is 10.7. The topological polar surface area (TPSA) is 44.7 Å². The van der Waals surface area contributed by atoms with Gasteiger partial charge < -0.3 is 0 Å². The molecule has 7 rings (SSSR count). The number of aromatic nitrogens is 2. The van der Waals surface area contributed by atoms with Crippen molar-refractivity contribution in [3.8, 4) is 11.5 Å². The van der Waals surface area contributed by atoms with E-state index in [0.717, 1.165) is 41.0 Å². The third-order valence-corrected chi connectivity index (χ3v) is 9.75. The zero-order valence-electron chi connectivity index (χ0n) is 23.8. The number of fused-ring (bicyclic) bond motifs is 2. The molecule has 42 heavy (non-hydrogen) atoms. The Morgan fingerprint density at radius 1 is 0.714 bits per heavy atom. The van der Waals surface area contributed by atoms with Crippen LogP contribution in [0.15, 0.2) is 122 Å². The van der Waals surface area contributed by atoms with Crippen molar-refractivity contribution >= 4 is 52.4 Å². The van der Waals surface area contributed by atoms with E-state index in [9.17, 15) is 0 Å². The van der Waals surface area contributed by atoms with Crippen LogP contribution in [-0.4, -0.2) is 31.6 Å². The van der Waals surface area contributed by atoms with Crippen molar-refractivity contribution < 1.29 is 4.74 Å². The Bertz CT molecular complexity index is 1780. The van der Waals surface area contributed by atoms with Gasteiger partial charge in [-0.2, -0.15) is 0 Å². The Morgan fingerprint density at radius 3 is 2.33 bits per heavy atom. The molecular formula is C35H31N5OSe. The Balaban J connectivity index is 1.19. The number of anilines is 5. The van der Waals surface area contributed by atoms with Crippen molar-refractivity contribution in [3.05, 3.63) is 128 Å². The third-order valence-electron chi connectivity index (χ3n) is 7.44. The van der Waals surface area contributed by atoms with E-state index in [1.54, 1.807) is 0 Å². The maximum absolute atomic E-state index is 6.49. The number of ether oxygens (including phenoxy) is 1. The summed E-state index contributed by atoms with van der Waals surface area (Å²) in [6.07, 6.45) is 9.97. The van der Waals surface area contributed by atoms with Crippen molar-refractivity contribution in [2.75, 3.05) is 21.4 Å². The summed E-state index contributed by atoms with van der Waals surface area (Å²) in [7, 11) is 0. The molecule has 4 heterocycles. The molecule has 208 valence electrons. The van der Waals surface area contributed by atoms with Crippen molar-refractivity contribution in [1.29, 1.82) is 0 Å². The maximum atomic E-state index is 6.49. The summed E-state index contributed by atoms with van der Waals surface area (Å²) in [5.74, 6) is 2.48. The summed E-state index contributed by atoms with van der Waals surface area (Å²) in [4.78, 5) is 15.9. The van der Waals surface area contributed by atoms with Crippen LogP contribution >= 0.6 is 0 Å². The molecule has 0 aliphatic carbocycles. The van der Waals surface area contributed by atoms with Crippen molar-refractivity contribution in [2.24, 2.45) is 0 Å². The minimum atomic E-state index is 0.0138. The standard InChI is InChI=1S/C35H31N5OSe/c1-35(2,3)25-14-17-37-34(20-25)40-30-15-16-36-23-33(30)42-32-13-12-29(22-31(32)40)41-28-11-7-10-27(21-28)39-19-18-38(24-39)26-8-5-4-6-9-26/h4-23H,24H2,1-3H3. The summed E-state index contributed by atoms with van der Waals surface area (Å²) in [6, 6.07) is 31.5. The van der Waals surface area contributed by atoms with Gasteiger partial charge in [-0.3, -0.25) is 0 Å². The van der Waals surface area contributed by atoms with Gasteiger partial charge in [0.15, 0.2) is 0 Å². The van der Waals surface area contributed by atoms with Crippen LogP contribution in [0.1, 0.15) is 26.3 Å². The molecule has 0 bridgehead atoms. The van der Waals surface area contributed by atoms with Crippen molar-refractivity contribution in [2.45, 2.75) is 26.2 Å². The molecule has 7 heteroatoms. The molecule has 0 radical (unpaired) electrons. The van der Waals surface area contributed by atoms with E-state index in [4.69, 9.17) is 9.72 Å². The Morgan fingerprint density at radius 2 is 1.50 bits per heavy atom. The van der Waals surface area contributed by atoms with Gasteiger partial charge >= 0.3 is 223 Å². The van der Waals surface area contributed by atoms with Gasteiger partial charge in [0.05, 0.1) is 0 Å². The zero-order valence-corrected chi connectivity index (χ0v) is 25.5. The molecule has 2 aromatic heterocycles. The van der Waals surface area contributed by atoms with Gasteiger partial charge in [-0.1, -0.05) is 18.2 Å². The van der Waals surface area contributed by atoms with Gasteiger partial charge in [-0.05, 0) is 12.1 Å². The molecule has 0 unspecified atom stereocenters. The van der Waals surface area contributed by atoms with E-state index in [-0.39, 0.29) is 20.4 Å². The van der Waals surface area contributed by atoms with Gasteiger partial charge in [-0.15, -0.1) is 0 Å². The van der Waals surface area contributed by atoms with Gasteiger partial charge in [0.1, 0.15) is 0 Å². The van der Waals surface area contributed by atoms with Gasteiger partial charge in [0, 0.05) is 0 Å². The third kappa shape index (κ3) is 5.13. The number of rotatable bonds is 5. The average molecular weight is 617 g/mol. The van der Waals surface area contributed by atoms with Crippen LogP contribution in [0.5, 0.6) is 11.5 Å². The number of nitrogens with zero attached hydrogens (tertiary/aromatic N) is 5. The minimum absolute atomic E-state index is 0.0138. The Labute approximate surface area is 253 Å². The predicted molar refractivity (Wildman–Crippen MR) is 172 cm³/mol. The number of hydrogen-bond acceptors (Lipinski definition) is 6. The molecule has 0 saturated heterocycles. The SMILES string of the molecule is CC(C)(C)c1ccnc(N2c3ccncc3[Se]c3ccc(Oc4cccc(N5C=CN(c6ccccc6)C5)c4)cc32)c1. The fourth-order valence-corrected chi connectivity index (χ4v) is 7.31. The first-order valence-electron chi connectivity index (χ1n) is 14.0. The molecule has 0 N–H and O–H groups in total. The summed E-state index contributed by atoms with van der Waals surface area (Å²) in [6.45, 7) is 7.44. The molecule has 3 aromatic carbocycles. The van der Waals surface area contributed by atoms with Gasteiger partial charge in [-0.25, -0.2) is 0 Å². The van der Waals surface area contributed by atoms with E-state index >= 15 is 0 Å². The van der Waals surface area contributed by atoms with Gasteiger partial charge in [0.25, 0.3) is 0 Å². The molecule has 5 aromatic rings. The van der Waals surface area contributed by atoms with Crippen molar-refractivity contribution in [3.63, 3.8) is 0 Å². The quantitative estimate of drug-likeness (QED) is 0.200. The second-order valence-corrected chi connectivity index (χ2v) is 13.7. The molecule has 0 spiro atoms. The van der Waals surface area contributed by atoms with Crippen molar-refractivity contribution in [1.82, 2.24) is 9.97 Å². The summed E-state index contributed by atoms with van der Waals surface area (Å²) < 4.78 is 9.00.